The second kappa shape index (κ2) is 9.63. The third kappa shape index (κ3) is 5.32. The Morgan fingerprint density at radius 3 is 2.44 bits per heavy atom. The van der Waals surface area contributed by atoms with Gasteiger partial charge in [0.15, 0.2) is 0 Å². The highest BCUT2D eigenvalue weighted by molar-refractivity contribution is 7.92. The minimum atomic E-state index is -3.80. The van der Waals surface area contributed by atoms with Gasteiger partial charge in [-0.05, 0) is 42.5 Å². The van der Waals surface area contributed by atoms with E-state index in [2.05, 4.69) is 15.0 Å². The third-order valence-electron chi connectivity index (χ3n) is 4.44. The van der Waals surface area contributed by atoms with E-state index < -0.39 is 15.9 Å². The van der Waals surface area contributed by atoms with Crippen molar-refractivity contribution in [2.45, 2.75) is 11.5 Å². The van der Waals surface area contributed by atoms with Gasteiger partial charge in [0.2, 0.25) is 0 Å². The molecule has 9 heteroatoms. The van der Waals surface area contributed by atoms with Crippen LogP contribution in [0.25, 0.3) is 0 Å². The summed E-state index contributed by atoms with van der Waals surface area (Å²) in [4.78, 5) is 17.1. The minimum Gasteiger partial charge on any atom is -0.487 e. The number of anilines is 2. The van der Waals surface area contributed by atoms with Crippen molar-refractivity contribution >= 4 is 38.6 Å². The van der Waals surface area contributed by atoms with E-state index in [0.29, 0.717) is 23.6 Å². The molecule has 1 amide bonds. The normalized spacial score (nSPS) is 11.0. The Morgan fingerprint density at radius 2 is 1.69 bits per heavy atom. The third-order valence-corrected chi connectivity index (χ3v) is 6.46. The quantitative estimate of drug-likeness (QED) is 0.390. The SMILES string of the molecule is O=C(Nc1ccccc1NS(=O)(=O)c1ccccc1)c1cccc(OCc2cscn2)c1. The minimum absolute atomic E-state index is 0.131. The van der Waals surface area contributed by atoms with Gasteiger partial charge in [0.25, 0.3) is 15.9 Å². The molecule has 3 aromatic carbocycles. The first-order valence-corrected chi connectivity index (χ1v) is 12.0. The average Bonchev–Trinajstić information content (AvgIpc) is 3.33. The number of aromatic nitrogens is 1. The van der Waals surface area contributed by atoms with Crippen LogP contribution in [0.15, 0.2) is 94.6 Å². The van der Waals surface area contributed by atoms with E-state index in [1.54, 1.807) is 72.2 Å². The summed E-state index contributed by atoms with van der Waals surface area (Å²) in [7, 11) is -3.80. The molecule has 2 N–H and O–H groups in total. The molecule has 162 valence electrons. The molecule has 0 saturated heterocycles. The van der Waals surface area contributed by atoms with E-state index in [1.807, 2.05) is 5.38 Å². The number of amides is 1. The second-order valence-corrected chi connectivity index (χ2v) is 9.12. The molecule has 0 bridgehead atoms. The van der Waals surface area contributed by atoms with E-state index in [4.69, 9.17) is 4.74 Å². The van der Waals surface area contributed by atoms with Crippen LogP contribution in [-0.2, 0) is 16.6 Å². The molecule has 32 heavy (non-hydrogen) atoms. The first-order chi connectivity index (χ1) is 15.5. The molecule has 1 aromatic heterocycles. The van der Waals surface area contributed by atoms with Crippen LogP contribution in [-0.4, -0.2) is 19.3 Å². The van der Waals surface area contributed by atoms with Gasteiger partial charge in [-0.1, -0.05) is 36.4 Å². The van der Waals surface area contributed by atoms with Crippen LogP contribution in [0.4, 0.5) is 11.4 Å². The number of carbonyl (C=O) groups is 1. The van der Waals surface area contributed by atoms with Crippen molar-refractivity contribution in [2.75, 3.05) is 10.0 Å². The summed E-state index contributed by atoms with van der Waals surface area (Å²) in [6, 6.07) is 21.4. The van der Waals surface area contributed by atoms with Crippen LogP contribution in [0, 0.1) is 0 Å². The number of carbonyl (C=O) groups excluding carboxylic acids is 1. The van der Waals surface area contributed by atoms with Gasteiger partial charge in [-0.25, -0.2) is 13.4 Å². The van der Waals surface area contributed by atoms with Gasteiger partial charge in [0.05, 0.1) is 27.5 Å². The highest BCUT2D eigenvalue weighted by Crippen LogP contribution is 2.25. The zero-order chi connectivity index (χ0) is 22.4. The topological polar surface area (TPSA) is 97.4 Å². The maximum Gasteiger partial charge on any atom is 0.261 e. The monoisotopic (exact) mass is 465 g/mol. The van der Waals surface area contributed by atoms with Gasteiger partial charge < -0.3 is 10.1 Å². The molecule has 0 aliphatic carbocycles. The molecule has 7 nitrogen and oxygen atoms in total. The van der Waals surface area contributed by atoms with Gasteiger partial charge in [0.1, 0.15) is 12.4 Å². The molecule has 0 spiro atoms. The molecule has 0 radical (unpaired) electrons. The zero-order valence-electron chi connectivity index (χ0n) is 16.8. The molecule has 0 aliphatic heterocycles. The average molecular weight is 466 g/mol. The lowest BCUT2D eigenvalue weighted by Crippen LogP contribution is -2.17. The van der Waals surface area contributed by atoms with Crippen molar-refractivity contribution in [1.29, 1.82) is 0 Å². The molecular weight excluding hydrogens is 446 g/mol. The maximum absolute atomic E-state index is 12.8. The van der Waals surface area contributed by atoms with Crippen LogP contribution in [0.3, 0.4) is 0 Å². The number of hydrogen-bond acceptors (Lipinski definition) is 6. The highest BCUT2D eigenvalue weighted by Gasteiger charge is 2.17. The fourth-order valence-electron chi connectivity index (χ4n) is 2.87. The van der Waals surface area contributed by atoms with Crippen LogP contribution >= 0.6 is 11.3 Å². The summed E-state index contributed by atoms with van der Waals surface area (Å²) < 4.78 is 33.6. The zero-order valence-corrected chi connectivity index (χ0v) is 18.4. The number of sulfonamides is 1. The Labute approximate surface area is 189 Å². The second-order valence-electron chi connectivity index (χ2n) is 6.71. The number of hydrogen-bond donors (Lipinski definition) is 2. The van der Waals surface area contributed by atoms with E-state index in [0.717, 1.165) is 5.69 Å². The van der Waals surface area contributed by atoms with Crippen molar-refractivity contribution < 1.29 is 17.9 Å². The first-order valence-electron chi connectivity index (χ1n) is 9.59. The molecule has 0 unspecified atom stereocenters. The lowest BCUT2D eigenvalue weighted by atomic mass is 10.2. The fourth-order valence-corrected chi connectivity index (χ4v) is 4.52. The van der Waals surface area contributed by atoms with Crippen molar-refractivity contribution in [3.63, 3.8) is 0 Å². The molecule has 0 atom stereocenters. The lowest BCUT2D eigenvalue weighted by molar-refractivity contribution is 0.102. The number of ether oxygens (including phenoxy) is 1. The molecule has 1 heterocycles. The number of nitrogens with zero attached hydrogens (tertiary/aromatic N) is 1. The Kier molecular flexibility index (Phi) is 6.48. The smallest absolute Gasteiger partial charge is 0.261 e. The highest BCUT2D eigenvalue weighted by atomic mass is 32.2. The Morgan fingerprint density at radius 1 is 0.938 bits per heavy atom. The summed E-state index contributed by atoms with van der Waals surface area (Å²) in [5.74, 6) is 0.138. The van der Waals surface area contributed by atoms with Gasteiger partial charge >= 0.3 is 0 Å². The molecule has 0 saturated carbocycles. The van der Waals surface area contributed by atoms with Crippen molar-refractivity contribution in [2.24, 2.45) is 0 Å². The van der Waals surface area contributed by atoms with E-state index in [9.17, 15) is 13.2 Å². The fraction of sp³-hybridized carbons (Fsp3) is 0.0435. The van der Waals surface area contributed by atoms with Gasteiger partial charge in [-0.2, -0.15) is 0 Å². The van der Waals surface area contributed by atoms with Gasteiger partial charge in [-0.15, -0.1) is 11.3 Å². The number of benzene rings is 3. The standard InChI is InChI=1S/C23H19N3O4S2/c27-23(17-7-6-8-19(13-17)30-14-18-15-31-16-24-18)25-21-11-4-5-12-22(21)26-32(28,29)20-9-2-1-3-10-20/h1-13,15-16,26H,14H2,(H,25,27). The van der Waals surface area contributed by atoms with E-state index in [-0.39, 0.29) is 10.6 Å². The summed E-state index contributed by atoms with van der Waals surface area (Å²) in [5, 5.41) is 4.66. The Balaban J connectivity index is 1.49. The summed E-state index contributed by atoms with van der Waals surface area (Å²) in [6.07, 6.45) is 0. The van der Waals surface area contributed by atoms with Gasteiger partial charge in [-0.3, -0.25) is 9.52 Å². The Bertz CT molecular complexity index is 1310. The van der Waals surface area contributed by atoms with E-state index in [1.165, 1.54) is 23.5 Å². The summed E-state index contributed by atoms with van der Waals surface area (Å²) >= 11 is 1.48. The largest absolute Gasteiger partial charge is 0.487 e. The number of rotatable bonds is 8. The van der Waals surface area contributed by atoms with Crippen molar-refractivity contribution in [3.05, 3.63) is 101 Å². The number of para-hydroxylation sites is 2. The molecule has 4 aromatic rings. The number of nitrogens with one attached hydrogen (secondary N) is 2. The molecule has 0 aliphatic rings. The summed E-state index contributed by atoms with van der Waals surface area (Å²) in [6.45, 7) is 0.304. The molecular formula is C23H19N3O4S2. The lowest BCUT2D eigenvalue weighted by Gasteiger charge is -2.14. The molecule has 0 fully saturated rings. The van der Waals surface area contributed by atoms with Crippen molar-refractivity contribution in [3.8, 4) is 5.75 Å². The maximum atomic E-state index is 12.8. The van der Waals surface area contributed by atoms with Crippen LogP contribution in [0.2, 0.25) is 0 Å². The van der Waals surface area contributed by atoms with Crippen molar-refractivity contribution in [1.82, 2.24) is 4.98 Å². The predicted octanol–water partition coefficient (Wildman–Crippen LogP) is 4.78. The van der Waals surface area contributed by atoms with Crippen LogP contribution in [0.1, 0.15) is 16.1 Å². The number of thiazole rings is 1. The molecule has 4 rings (SSSR count). The van der Waals surface area contributed by atoms with Gasteiger partial charge in [0, 0.05) is 10.9 Å². The van der Waals surface area contributed by atoms with Crippen LogP contribution < -0.4 is 14.8 Å². The van der Waals surface area contributed by atoms with Crippen LogP contribution in [0.5, 0.6) is 5.75 Å². The predicted molar refractivity (Wildman–Crippen MR) is 125 cm³/mol. The summed E-state index contributed by atoms with van der Waals surface area (Å²) in [5.41, 5.74) is 3.52. The Hall–Kier alpha value is -3.69. The van der Waals surface area contributed by atoms with E-state index >= 15 is 0 Å². The first kappa shape index (κ1) is 21.5.